The van der Waals surface area contributed by atoms with E-state index in [1.807, 2.05) is 12.1 Å². The van der Waals surface area contributed by atoms with Crippen molar-refractivity contribution in [3.63, 3.8) is 0 Å². The summed E-state index contributed by atoms with van der Waals surface area (Å²) in [5.74, 6) is 3.80. The van der Waals surface area contributed by atoms with Gasteiger partial charge in [-0.1, -0.05) is 18.2 Å². The molecule has 134 valence electrons. The number of nitrogens with zero attached hydrogens (tertiary/aromatic N) is 4. The molecule has 25 heavy (non-hydrogen) atoms. The van der Waals surface area contributed by atoms with Gasteiger partial charge in [-0.3, -0.25) is 4.99 Å². The fraction of sp³-hybridized carbons (Fsp3) is 0.471. The average Bonchev–Trinajstić information content (AvgIpc) is 3.30. The molecular weight excluding hydrogens is 431 g/mol. The third kappa shape index (κ3) is 3.88. The molecule has 0 saturated carbocycles. The van der Waals surface area contributed by atoms with E-state index in [-0.39, 0.29) is 30.1 Å². The van der Waals surface area contributed by atoms with E-state index in [1.165, 1.54) is 5.56 Å². The maximum Gasteiger partial charge on any atom is 0.191 e. The van der Waals surface area contributed by atoms with Crippen molar-refractivity contribution in [2.45, 2.75) is 38.5 Å². The van der Waals surface area contributed by atoms with Crippen LogP contribution in [0.15, 0.2) is 29.3 Å². The Labute approximate surface area is 164 Å². The van der Waals surface area contributed by atoms with E-state index in [1.54, 1.807) is 7.05 Å². The number of para-hydroxylation sites is 1. The van der Waals surface area contributed by atoms with Crippen LogP contribution in [-0.2, 0) is 25.9 Å². The first-order valence-corrected chi connectivity index (χ1v) is 8.43. The van der Waals surface area contributed by atoms with E-state index >= 15 is 0 Å². The van der Waals surface area contributed by atoms with E-state index in [0.29, 0.717) is 13.1 Å². The standard InChI is InChI=1S/C17H22N6O.HI/c1-18-17(20-11-16-22-21-15-7-4-8-23(15)16)19-10-13-9-12-5-2-3-6-14(12)24-13;/h2-3,5-6,13H,4,7-11H2,1H3,(H2,18,19,20);1H. The van der Waals surface area contributed by atoms with E-state index in [2.05, 4.69) is 42.5 Å². The molecule has 0 spiro atoms. The van der Waals surface area contributed by atoms with Crippen molar-refractivity contribution < 1.29 is 4.74 Å². The van der Waals surface area contributed by atoms with Crippen LogP contribution in [-0.4, -0.2) is 40.4 Å². The Hall–Kier alpha value is -1.84. The number of aromatic nitrogens is 3. The van der Waals surface area contributed by atoms with Gasteiger partial charge in [-0.2, -0.15) is 0 Å². The van der Waals surface area contributed by atoms with Gasteiger partial charge in [0.2, 0.25) is 0 Å². The summed E-state index contributed by atoms with van der Waals surface area (Å²) in [4.78, 5) is 4.27. The van der Waals surface area contributed by atoms with Crippen LogP contribution in [0.3, 0.4) is 0 Å². The van der Waals surface area contributed by atoms with Crippen molar-refractivity contribution in [1.82, 2.24) is 25.4 Å². The Kier molecular flexibility index (Phi) is 5.77. The summed E-state index contributed by atoms with van der Waals surface area (Å²) < 4.78 is 8.13. The quantitative estimate of drug-likeness (QED) is 0.416. The smallest absolute Gasteiger partial charge is 0.191 e. The van der Waals surface area contributed by atoms with Crippen molar-refractivity contribution in [3.8, 4) is 5.75 Å². The Morgan fingerprint density at radius 3 is 3.04 bits per heavy atom. The fourth-order valence-electron chi connectivity index (χ4n) is 3.30. The van der Waals surface area contributed by atoms with Crippen molar-refractivity contribution in [3.05, 3.63) is 41.5 Å². The van der Waals surface area contributed by atoms with E-state index < -0.39 is 0 Å². The minimum atomic E-state index is 0. The van der Waals surface area contributed by atoms with Crippen LogP contribution in [0, 0.1) is 0 Å². The number of aliphatic imine (C=N–C) groups is 1. The highest BCUT2D eigenvalue weighted by Gasteiger charge is 2.22. The molecule has 0 bridgehead atoms. The van der Waals surface area contributed by atoms with Crippen LogP contribution in [0.5, 0.6) is 5.75 Å². The minimum Gasteiger partial charge on any atom is -0.488 e. The van der Waals surface area contributed by atoms with Crippen LogP contribution in [0.25, 0.3) is 0 Å². The highest BCUT2D eigenvalue weighted by Crippen LogP contribution is 2.27. The lowest BCUT2D eigenvalue weighted by Crippen LogP contribution is -2.42. The summed E-state index contributed by atoms with van der Waals surface area (Å²) in [7, 11) is 1.77. The van der Waals surface area contributed by atoms with Gasteiger partial charge in [0.1, 0.15) is 17.7 Å². The highest BCUT2D eigenvalue weighted by atomic mass is 127. The topological polar surface area (TPSA) is 76.4 Å². The zero-order valence-corrected chi connectivity index (χ0v) is 16.6. The van der Waals surface area contributed by atoms with Crippen LogP contribution in [0.4, 0.5) is 0 Å². The van der Waals surface area contributed by atoms with E-state index in [4.69, 9.17) is 4.74 Å². The largest absolute Gasteiger partial charge is 0.488 e. The molecular formula is C17H23IN6O. The van der Waals surface area contributed by atoms with Gasteiger partial charge in [0.15, 0.2) is 11.8 Å². The van der Waals surface area contributed by atoms with Gasteiger partial charge in [0, 0.05) is 26.4 Å². The molecule has 2 N–H and O–H groups in total. The number of hydrogen-bond donors (Lipinski definition) is 2. The Bertz CT molecular complexity index is 734. The highest BCUT2D eigenvalue weighted by molar-refractivity contribution is 14.0. The minimum absolute atomic E-state index is 0. The number of nitrogens with one attached hydrogen (secondary N) is 2. The second kappa shape index (κ2) is 8.03. The molecule has 0 saturated heterocycles. The summed E-state index contributed by atoms with van der Waals surface area (Å²) in [6.07, 6.45) is 3.25. The summed E-state index contributed by atoms with van der Waals surface area (Å²) in [5, 5.41) is 15.1. The molecule has 0 fully saturated rings. The number of ether oxygens (including phenoxy) is 1. The second-order valence-corrected chi connectivity index (χ2v) is 6.15. The molecule has 7 nitrogen and oxygen atoms in total. The zero-order valence-electron chi connectivity index (χ0n) is 14.2. The summed E-state index contributed by atoms with van der Waals surface area (Å²) in [6.45, 7) is 2.35. The maximum absolute atomic E-state index is 5.94. The average molecular weight is 454 g/mol. The molecule has 0 aliphatic carbocycles. The third-order valence-electron chi connectivity index (χ3n) is 4.53. The van der Waals surface area contributed by atoms with Crippen molar-refractivity contribution in [2.24, 2.45) is 4.99 Å². The molecule has 1 aromatic heterocycles. The van der Waals surface area contributed by atoms with Gasteiger partial charge in [-0.25, -0.2) is 0 Å². The van der Waals surface area contributed by atoms with Gasteiger partial charge in [0.05, 0.1) is 13.1 Å². The molecule has 2 aliphatic rings. The molecule has 1 atom stereocenters. The van der Waals surface area contributed by atoms with E-state index in [0.717, 1.165) is 49.2 Å². The van der Waals surface area contributed by atoms with Crippen LogP contribution >= 0.6 is 24.0 Å². The SMILES string of the molecule is CN=C(NCc1nnc2n1CCC2)NCC1Cc2ccccc2O1.I. The lowest BCUT2D eigenvalue weighted by atomic mass is 10.1. The van der Waals surface area contributed by atoms with Gasteiger partial charge < -0.3 is 19.9 Å². The van der Waals surface area contributed by atoms with Crippen molar-refractivity contribution in [1.29, 1.82) is 0 Å². The predicted octanol–water partition coefficient (Wildman–Crippen LogP) is 1.51. The monoisotopic (exact) mass is 454 g/mol. The summed E-state index contributed by atoms with van der Waals surface area (Å²) in [5.41, 5.74) is 1.27. The number of hydrogen-bond acceptors (Lipinski definition) is 4. The first-order valence-electron chi connectivity index (χ1n) is 8.43. The van der Waals surface area contributed by atoms with Crippen LogP contribution < -0.4 is 15.4 Å². The molecule has 1 unspecified atom stereocenters. The molecule has 0 amide bonds. The first kappa shape index (κ1) is 18.0. The zero-order chi connectivity index (χ0) is 16.4. The molecule has 2 aliphatic heterocycles. The van der Waals surface area contributed by atoms with Crippen molar-refractivity contribution >= 4 is 29.9 Å². The van der Waals surface area contributed by atoms with Gasteiger partial charge >= 0.3 is 0 Å². The Morgan fingerprint density at radius 1 is 1.32 bits per heavy atom. The number of benzene rings is 1. The van der Waals surface area contributed by atoms with Crippen molar-refractivity contribution in [2.75, 3.05) is 13.6 Å². The molecule has 0 radical (unpaired) electrons. The maximum atomic E-state index is 5.94. The molecule has 3 heterocycles. The first-order chi connectivity index (χ1) is 11.8. The fourth-order valence-corrected chi connectivity index (χ4v) is 3.30. The number of aryl methyl sites for hydroxylation is 1. The molecule has 8 heteroatoms. The van der Waals surface area contributed by atoms with Crippen LogP contribution in [0.2, 0.25) is 0 Å². The summed E-state index contributed by atoms with van der Waals surface area (Å²) >= 11 is 0. The number of rotatable bonds is 4. The summed E-state index contributed by atoms with van der Waals surface area (Å²) in [6, 6.07) is 8.20. The Morgan fingerprint density at radius 2 is 2.20 bits per heavy atom. The third-order valence-corrected chi connectivity index (χ3v) is 4.53. The predicted molar refractivity (Wildman–Crippen MR) is 107 cm³/mol. The normalized spacial score (nSPS) is 18.1. The second-order valence-electron chi connectivity index (χ2n) is 6.15. The van der Waals surface area contributed by atoms with Gasteiger partial charge in [-0.15, -0.1) is 34.2 Å². The number of guanidine groups is 1. The number of halogens is 1. The molecule has 4 rings (SSSR count). The van der Waals surface area contributed by atoms with Gasteiger partial charge in [0.25, 0.3) is 0 Å². The lowest BCUT2D eigenvalue weighted by Gasteiger charge is -2.15. The van der Waals surface area contributed by atoms with Crippen LogP contribution in [0.1, 0.15) is 23.6 Å². The van der Waals surface area contributed by atoms with E-state index in [9.17, 15) is 0 Å². The van der Waals surface area contributed by atoms with Gasteiger partial charge in [-0.05, 0) is 18.1 Å². The Balaban J connectivity index is 0.00000182. The molecule has 2 aromatic rings. The lowest BCUT2D eigenvalue weighted by molar-refractivity contribution is 0.235. The molecule has 1 aromatic carbocycles. The number of fused-ring (bicyclic) bond motifs is 2.